The molecule has 32 heavy (non-hydrogen) atoms. The molecule has 2 heterocycles. The van der Waals surface area contributed by atoms with Crippen LogP contribution in [0.3, 0.4) is 0 Å². The molecule has 0 bridgehead atoms. The van der Waals surface area contributed by atoms with E-state index in [-0.39, 0.29) is 37.6 Å². The summed E-state index contributed by atoms with van der Waals surface area (Å²) in [6.07, 6.45) is 1.61. The van der Waals surface area contributed by atoms with Crippen LogP contribution in [0.25, 0.3) is 0 Å². The van der Waals surface area contributed by atoms with E-state index in [1.807, 2.05) is 30.3 Å². The lowest BCUT2D eigenvalue weighted by atomic mass is 9.97. The molecule has 1 fully saturated rings. The first-order chi connectivity index (χ1) is 15.6. The van der Waals surface area contributed by atoms with E-state index in [1.165, 1.54) is 0 Å². The summed E-state index contributed by atoms with van der Waals surface area (Å²) in [5.41, 5.74) is 5.24. The van der Waals surface area contributed by atoms with Gasteiger partial charge in [-0.2, -0.15) is 0 Å². The molecule has 1 saturated heterocycles. The quantitative estimate of drug-likeness (QED) is 0.666. The van der Waals surface area contributed by atoms with E-state index in [9.17, 15) is 14.4 Å². The van der Waals surface area contributed by atoms with Crippen LogP contribution < -0.4 is 25.1 Å². The van der Waals surface area contributed by atoms with Gasteiger partial charge in [-0.25, -0.2) is 0 Å². The molecule has 0 spiro atoms. The summed E-state index contributed by atoms with van der Waals surface area (Å²) in [6.45, 7) is 1.32. The van der Waals surface area contributed by atoms with Crippen LogP contribution in [0, 0.1) is 5.92 Å². The molecule has 1 unspecified atom stereocenters. The third-order valence-electron chi connectivity index (χ3n) is 5.41. The summed E-state index contributed by atoms with van der Waals surface area (Å²) in [7, 11) is 0. The molecular weight excluding hydrogens is 414 g/mol. The minimum atomic E-state index is -0.460. The van der Waals surface area contributed by atoms with Gasteiger partial charge in [-0.05, 0) is 43.2 Å². The van der Waals surface area contributed by atoms with Crippen molar-refractivity contribution in [2.75, 3.05) is 26.5 Å². The van der Waals surface area contributed by atoms with Gasteiger partial charge in [-0.1, -0.05) is 18.2 Å². The number of amides is 3. The first-order valence-corrected chi connectivity index (χ1v) is 10.6. The minimum absolute atomic E-state index is 0.0529. The van der Waals surface area contributed by atoms with Crippen molar-refractivity contribution in [3.63, 3.8) is 0 Å². The SMILES string of the molecule is O=C(NNC(=O)C1CCCN(C(=O)CCOc2ccccc2)C1)c1ccc2c(c1)OCO2. The zero-order valence-corrected chi connectivity index (χ0v) is 17.5. The Bertz CT molecular complexity index is 981. The predicted octanol–water partition coefficient (Wildman–Crippen LogP) is 1.88. The van der Waals surface area contributed by atoms with Crippen molar-refractivity contribution in [2.45, 2.75) is 19.3 Å². The van der Waals surface area contributed by atoms with E-state index in [1.54, 1.807) is 23.1 Å². The molecule has 2 aliphatic rings. The van der Waals surface area contributed by atoms with E-state index in [0.717, 1.165) is 12.2 Å². The Kier molecular flexibility index (Phi) is 6.74. The number of hydrogen-bond donors (Lipinski definition) is 2. The molecule has 2 aliphatic heterocycles. The fraction of sp³-hybridized carbons (Fsp3) is 0.348. The highest BCUT2D eigenvalue weighted by Gasteiger charge is 2.28. The third-order valence-corrected chi connectivity index (χ3v) is 5.41. The zero-order chi connectivity index (χ0) is 22.3. The number of likely N-dealkylation sites (tertiary alicyclic amines) is 1. The molecule has 2 N–H and O–H groups in total. The maximum atomic E-state index is 12.6. The van der Waals surface area contributed by atoms with Crippen molar-refractivity contribution < 1.29 is 28.6 Å². The number of benzene rings is 2. The predicted molar refractivity (Wildman–Crippen MR) is 114 cm³/mol. The lowest BCUT2D eigenvalue weighted by Crippen LogP contribution is -2.50. The third kappa shape index (κ3) is 5.29. The first kappa shape index (κ1) is 21.5. The van der Waals surface area contributed by atoms with E-state index >= 15 is 0 Å². The Morgan fingerprint density at radius 2 is 1.84 bits per heavy atom. The maximum absolute atomic E-state index is 12.6. The normalized spacial score (nSPS) is 16.9. The molecule has 1 atom stereocenters. The lowest BCUT2D eigenvalue weighted by Gasteiger charge is -2.32. The average Bonchev–Trinajstić information content (AvgIpc) is 3.31. The average molecular weight is 439 g/mol. The fourth-order valence-electron chi connectivity index (χ4n) is 3.68. The van der Waals surface area contributed by atoms with Gasteiger partial charge in [0.15, 0.2) is 11.5 Å². The molecule has 168 valence electrons. The van der Waals surface area contributed by atoms with Crippen LogP contribution >= 0.6 is 0 Å². The second-order valence-electron chi connectivity index (χ2n) is 7.60. The molecule has 2 aromatic rings. The van der Waals surface area contributed by atoms with Gasteiger partial charge < -0.3 is 19.1 Å². The van der Waals surface area contributed by atoms with Crippen molar-refractivity contribution in [3.05, 3.63) is 54.1 Å². The molecule has 0 radical (unpaired) electrons. The summed E-state index contributed by atoms with van der Waals surface area (Å²) < 4.78 is 16.1. The highest BCUT2D eigenvalue weighted by atomic mass is 16.7. The highest BCUT2D eigenvalue weighted by Crippen LogP contribution is 2.32. The van der Waals surface area contributed by atoms with Crippen LogP contribution in [-0.2, 0) is 9.59 Å². The van der Waals surface area contributed by atoms with Gasteiger partial charge in [-0.3, -0.25) is 25.2 Å². The zero-order valence-electron chi connectivity index (χ0n) is 17.5. The number of carbonyl (C=O) groups is 3. The topological polar surface area (TPSA) is 106 Å². The molecule has 9 heteroatoms. The van der Waals surface area contributed by atoms with E-state index < -0.39 is 5.91 Å². The Balaban J connectivity index is 1.22. The number of piperidine rings is 1. The number of para-hydroxylation sites is 1. The number of carbonyl (C=O) groups excluding carboxylic acids is 3. The second-order valence-corrected chi connectivity index (χ2v) is 7.60. The Morgan fingerprint density at radius 3 is 2.69 bits per heavy atom. The number of nitrogens with zero attached hydrogens (tertiary/aromatic N) is 1. The number of hydrogen-bond acceptors (Lipinski definition) is 6. The van der Waals surface area contributed by atoms with Crippen molar-refractivity contribution in [1.82, 2.24) is 15.8 Å². The first-order valence-electron chi connectivity index (χ1n) is 10.6. The number of nitrogens with one attached hydrogen (secondary N) is 2. The Labute approximate surface area is 185 Å². The standard InChI is InChI=1S/C23H25N3O6/c27-21(10-12-30-18-6-2-1-3-7-18)26-11-4-5-17(14-26)23(29)25-24-22(28)16-8-9-19-20(13-16)32-15-31-19/h1-3,6-9,13,17H,4-5,10-12,14-15H2,(H,24,28)(H,25,29). The number of fused-ring (bicyclic) bond motifs is 1. The summed E-state index contributed by atoms with van der Waals surface area (Å²) in [6, 6.07) is 14.1. The van der Waals surface area contributed by atoms with Crippen LogP contribution in [0.2, 0.25) is 0 Å². The van der Waals surface area contributed by atoms with Crippen molar-refractivity contribution in [3.8, 4) is 17.2 Å². The molecule has 0 aromatic heterocycles. The second kappa shape index (κ2) is 10.0. The van der Waals surface area contributed by atoms with Crippen LogP contribution in [0.4, 0.5) is 0 Å². The van der Waals surface area contributed by atoms with E-state index in [0.29, 0.717) is 36.6 Å². The number of hydrazine groups is 1. The summed E-state index contributed by atoms with van der Waals surface area (Å²) in [4.78, 5) is 39.1. The van der Waals surface area contributed by atoms with Gasteiger partial charge in [0.05, 0.1) is 18.9 Å². The van der Waals surface area contributed by atoms with Gasteiger partial charge in [0, 0.05) is 18.7 Å². The number of rotatable bonds is 6. The molecular formula is C23H25N3O6. The molecule has 4 rings (SSSR count). The Hall–Kier alpha value is -3.75. The molecule has 0 aliphatic carbocycles. The molecule has 9 nitrogen and oxygen atoms in total. The molecule has 0 saturated carbocycles. The van der Waals surface area contributed by atoms with Gasteiger partial charge in [-0.15, -0.1) is 0 Å². The van der Waals surface area contributed by atoms with Crippen LogP contribution in [0.5, 0.6) is 17.2 Å². The van der Waals surface area contributed by atoms with Crippen LogP contribution in [0.1, 0.15) is 29.6 Å². The van der Waals surface area contributed by atoms with E-state index in [4.69, 9.17) is 14.2 Å². The maximum Gasteiger partial charge on any atom is 0.269 e. The monoisotopic (exact) mass is 439 g/mol. The lowest BCUT2D eigenvalue weighted by molar-refractivity contribution is -0.136. The van der Waals surface area contributed by atoms with Crippen molar-refractivity contribution in [2.24, 2.45) is 5.92 Å². The molecule has 3 amide bonds. The van der Waals surface area contributed by atoms with E-state index in [2.05, 4.69) is 10.9 Å². The van der Waals surface area contributed by atoms with Gasteiger partial charge >= 0.3 is 0 Å². The Morgan fingerprint density at radius 1 is 1.03 bits per heavy atom. The van der Waals surface area contributed by atoms with Crippen molar-refractivity contribution >= 4 is 17.7 Å². The van der Waals surface area contributed by atoms with Gasteiger partial charge in [0.2, 0.25) is 18.6 Å². The molecule has 2 aromatic carbocycles. The summed E-state index contributed by atoms with van der Waals surface area (Å²) in [5.74, 6) is 0.556. The van der Waals surface area contributed by atoms with Gasteiger partial charge in [0.1, 0.15) is 5.75 Å². The fourth-order valence-corrected chi connectivity index (χ4v) is 3.68. The van der Waals surface area contributed by atoms with Gasteiger partial charge in [0.25, 0.3) is 5.91 Å². The summed E-state index contributed by atoms with van der Waals surface area (Å²) >= 11 is 0. The van der Waals surface area contributed by atoms with Crippen LogP contribution in [-0.4, -0.2) is 49.1 Å². The minimum Gasteiger partial charge on any atom is -0.493 e. The van der Waals surface area contributed by atoms with Crippen molar-refractivity contribution in [1.29, 1.82) is 0 Å². The smallest absolute Gasteiger partial charge is 0.269 e. The summed E-state index contributed by atoms with van der Waals surface area (Å²) in [5, 5.41) is 0. The largest absolute Gasteiger partial charge is 0.493 e. The van der Waals surface area contributed by atoms with Crippen LogP contribution in [0.15, 0.2) is 48.5 Å². The highest BCUT2D eigenvalue weighted by molar-refractivity contribution is 5.96. The number of ether oxygens (including phenoxy) is 3.